The van der Waals surface area contributed by atoms with E-state index in [1.165, 1.54) is 17.9 Å². The lowest BCUT2D eigenvalue weighted by molar-refractivity contribution is -0.118. The fourth-order valence-corrected chi connectivity index (χ4v) is 5.10. The van der Waals surface area contributed by atoms with E-state index in [0.29, 0.717) is 12.0 Å². The summed E-state index contributed by atoms with van der Waals surface area (Å²) >= 11 is 0. The number of hydrazine groups is 1. The Morgan fingerprint density at radius 1 is 1.43 bits per heavy atom. The van der Waals surface area contributed by atoms with Crippen LogP contribution < -0.4 is 10.7 Å². The van der Waals surface area contributed by atoms with Crippen LogP contribution in [0, 0.1) is 5.92 Å². The van der Waals surface area contributed by atoms with Crippen molar-refractivity contribution in [3.63, 3.8) is 0 Å². The summed E-state index contributed by atoms with van der Waals surface area (Å²) in [7, 11) is 1.79. The molecule has 4 heterocycles. The Labute approximate surface area is 127 Å². The molecule has 2 saturated heterocycles. The largest absolute Gasteiger partial charge is 0.348 e. The average molecular weight is 304 g/mol. The quantitative estimate of drug-likeness (QED) is 0.749. The lowest BCUT2D eigenvalue weighted by atomic mass is 10.00. The first kappa shape index (κ1) is 13.3. The highest BCUT2D eigenvalue weighted by molar-refractivity contribution is 8.21. The van der Waals surface area contributed by atoms with Crippen molar-refractivity contribution < 1.29 is 4.79 Å². The Bertz CT molecular complexity index is 607. The first-order valence-corrected chi connectivity index (χ1v) is 8.75. The van der Waals surface area contributed by atoms with Gasteiger partial charge in [0.25, 0.3) is 5.91 Å². The monoisotopic (exact) mass is 304 g/mol. The molecule has 4 aliphatic rings. The van der Waals surface area contributed by atoms with E-state index in [0.717, 1.165) is 18.7 Å². The molecule has 112 valence electrons. The minimum atomic E-state index is -0.0913. The Balaban J connectivity index is 1.46. The summed E-state index contributed by atoms with van der Waals surface area (Å²) < 4.78 is 0. The number of hydrogen-bond acceptors (Lipinski definition) is 4. The maximum atomic E-state index is 12.5. The van der Waals surface area contributed by atoms with Gasteiger partial charge >= 0.3 is 0 Å². The van der Waals surface area contributed by atoms with Crippen LogP contribution in [0.15, 0.2) is 34.2 Å². The van der Waals surface area contributed by atoms with Gasteiger partial charge in [-0.25, -0.2) is 5.43 Å². The molecule has 4 rings (SSSR count). The molecule has 0 aromatic rings. The molecular formula is C15H20N4OS. The Morgan fingerprint density at radius 2 is 2.33 bits per heavy atom. The molecule has 4 atom stereocenters. The average Bonchev–Trinajstić information content (AvgIpc) is 3.20. The van der Waals surface area contributed by atoms with Crippen molar-refractivity contribution in [2.75, 3.05) is 26.7 Å². The molecule has 21 heavy (non-hydrogen) atoms. The molecule has 0 aromatic heterocycles. The summed E-state index contributed by atoms with van der Waals surface area (Å²) in [6, 6.07) is 0.338. The molecule has 2 fully saturated rings. The summed E-state index contributed by atoms with van der Waals surface area (Å²) in [5.41, 5.74) is 5.99. The van der Waals surface area contributed by atoms with Gasteiger partial charge in [0.15, 0.2) is 0 Å². The summed E-state index contributed by atoms with van der Waals surface area (Å²) in [6.07, 6.45) is 7.29. The summed E-state index contributed by atoms with van der Waals surface area (Å²) in [5, 5.41) is 7.24. The third kappa shape index (κ3) is 2.37. The molecule has 0 aliphatic carbocycles. The third-order valence-corrected chi connectivity index (χ3v) is 6.38. The van der Waals surface area contributed by atoms with Crippen molar-refractivity contribution in [1.29, 1.82) is 0 Å². The number of carbonyl (C=O) groups is 1. The second-order valence-electron chi connectivity index (χ2n) is 5.93. The second kappa shape index (κ2) is 5.12. The van der Waals surface area contributed by atoms with E-state index in [1.807, 2.05) is 24.3 Å². The topological polar surface area (TPSA) is 47.6 Å². The lowest BCUT2D eigenvalue weighted by Crippen LogP contribution is -2.43. The number of rotatable bonds is 3. The number of nitrogens with one attached hydrogen (secondary N) is 2. The fraction of sp³-hybridized carbons (Fsp3) is 0.467. The third-order valence-electron chi connectivity index (χ3n) is 4.62. The Morgan fingerprint density at radius 3 is 3.05 bits per heavy atom. The van der Waals surface area contributed by atoms with E-state index in [2.05, 4.69) is 32.6 Å². The van der Waals surface area contributed by atoms with Gasteiger partial charge in [0.05, 0.1) is 5.49 Å². The molecule has 0 saturated carbocycles. The van der Waals surface area contributed by atoms with Gasteiger partial charge in [-0.1, -0.05) is 0 Å². The molecule has 0 spiro atoms. The van der Waals surface area contributed by atoms with E-state index < -0.39 is 0 Å². The molecule has 0 aromatic carbocycles. The van der Waals surface area contributed by atoms with Crippen LogP contribution in [0.1, 0.15) is 6.42 Å². The van der Waals surface area contributed by atoms with Crippen LogP contribution in [-0.4, -0.2) is 54.0 Å². The maximum absolute atomic E-state index is 12.5. The van der Waals surface area contributed by atoms with Gasteiger partial charge in [-0.3, -0.25) is 9.80 Å². The number of carbonyl (C=O) groups excluding carboxylic acids is 1. The highest BCUT2D eigenvalue weighted by Crippen LogP contribution is 2.38. The van der Waals surface area contributed by atoms with Gasteiger partial charge in [-0.2, -0.15) is 0 Å². The van der Waals surface area contributed by atoms with Crippen LogP contribution in [0.2, 0.25) is 0 Å². The van der Waals surface area contributed by atoms with Crippen molar-refractivity contribution in [3.8, 4) is 0 Å². The van der Waals surface area contributed by atoms with Crippen LogP contribution in [0.4, 0.5) is 0 Å². The minimum absolute atomic E-state index is 0.0842. The van der Waals surface area contributed by atoms with Crippen LogP contribution >= 0.6 is 10.5 Å². The van der Waals surface area contributed by atoms with Crippen molar-refractivity contribution >= 4 is 21.9 Å². The van der Waals surface area contributed by atoms with Crippen molar-refractivity contribution in [2.24, 2.45) is 5.92 Å². The zero-order chi connectivity index (χ0) is 14.4. The van der Waals surface area contributed by atoms with Crippen LogP contribution in [-0.2, 0) is 4.79 Å². The summed E-state index contributed by atoms with van der Waals surface area (Å²) in [4.78, 5) is 16.1. The van der Waals surface area contributed by atoms with Crippen LogP contribution in [0.25, 0.3) is 0 Å². The smallest absolute Gasteiger partial charge is 0.252 e. The number of fused-ring (bicyclic) bond motifs is 3. The predicted molar refractivity (Wildman–Crippen MR) is 86.3 cm³/mol. The van der Waals surface area contributed by atoms with Gasteiger partial charge in [0.1, 0.15) is 0 Å². The normalized spacial score (nSPS) is 36.1. The first-order chi connectivity index (χ1) is 10.2. The molecule has 2 N–H and O–H groups in total. The number of amides is 1. The zero-order valence-corrected chi connectivity index (χ0v) is 12.9. The van der Waals surface area contributed by atoms with Crippen LogP contribution in [0.5, 0.6) is 0 Å². The van der Waals surface area contributed by atoms with E-state index in [9.17, 15) is 4.79 Å². The number of allylic oxidation sites excluding steroid dienone is 1. The first-order valence-electron chi connectivity index (χ1n) is 7.40. The van der Waals surface area contributed by atoms with E-state index in [-0.39, 0.29) is 16.4 Å². The molecule has 6 heteroatoms. The van der Waals surface area contributed by atoms with Crippen molar-refractivity contribution in [3.05, 3.63) is 34.2 Å². The number of hydrogen-bond donors (Lipinski definition) is 2. The molecule has 0 radical (unpaired) electrons. The SMILES string of the molecule is CNN1C=CC2=CC(C(=O)NC3CN4CCC3C4)=CS2=C1. The van der Waals surface area contributed by atoms with Gasteiger partial charge in [0.2, 0.25) is 0 Å². The molecule has 4 aliphatic heterocycles. The van der Waals surface area contributed by atoms with E-state index >= 15 is 0 Å². The maximum Gasteiger partial charge on any atom is 0.252 e. The van der Waals surface area contributed by atoms with Crippen molar-refractivity contribution in [2.45, 2.75) is 12.5 Å². The second-order valence-corrected chi connectivity index (χ2v) is 7.59. The van der Waals surface area contributed by atoms with Crippen molar-refractivity contribution in [1.82, 2.24) is 20.7 Å². The number of nitrogens with zero attached hydrogens (tertiary/aromatic N) is 2. The standard InChI is InChI=1S/C15H20N4OS/c1-16-19-5-3-13-6-12(9-21(13)10-19)15(20)17-14-8-18-4-2-11(14)7-18/h3,5-6,9-11,14,16H,2,4,7-8H2,1H3,(H,17,20). The predicted octanol–water partition coefficient (Wildman–Crippen LogP) is 0.580. The van der Waals surface area contributed by atoms with Crippen LogP contribution in [0.3, 0.4) is 0 Å². The van der Waals surface area contributed by atoms with E-state index in [4.69, 9.17) is 0 Å². The highest BCUT2D eigenvalue weighted by Gasteiger charge is 2.38. The zero-order valence-electron chi connectivity index (χ0n) is 12.1. The van der Waals surface area contributed by atoms with E-state index in [1.54, 1.807) is 0 Å². The van der Waals surface area contributed by atoms with Gasteiger partial charge < -0.3 is 10.2 Å². The fourth-order valence-electron chi connectivity index (χ4n) is 3.43. The summed E-state index contributed by atoms with van der Waals surface area (Å²) in [5.74, 6) is 0.737. The molecular weight excluding hydrogens is 284 g/mol. The minimum Gasteiger partial charge on any atom is -0.348 e. The highest BCUT2D eigenvalue weighted by atomic mass is 32.2. The number of piperidine rings is 1. The van der Waals surface area contributed by atoms with Gasteiger partial charge in [-0.15, -0.1) is 10.5 Å². The van der Waals surface area contributed by atoms with Gasteiger partial charge in [0, 0.05) is 42.9 Å². The Kier molecular flexibility index (Phi) is 3.24. The molecule has 4 unspecified atom stereocenters. The summed E-state index contributed by atoms with van der Waals surface area (Å²) in [6.45, 7) is 3.38. The molecule has 5 nitrogen and oxygen atoms in total. The Hall–Kier alpha value is -1.37. The molecule has 2 bridgehead atoms. The van der Waals surface area contributed by atoms with Gasteiger partial charge in [-0.05, 0) is 36.4 Å². The lowest BCUT2D eigenvalue weighted by Gasteiger charge is -2.23. The molecule has 1 amide bonds.